The zero-order valence-corrected chi connectivity index (χ0v) is 11.2. The second kappa shape index (κ2) is 5.57. The molecule has 1 amide bonds. The summed E-state index contributed by atoms with van der Waals surface area (Å²) in [6.45, 7) is 2.27. The molecule has 0 saturated heterocycles. The number of aromatic amines is 1. The fraction of sp³-hybridized carbons (Fsp3) is 0.571. The standard InChI is InChI=1S/C14H20N2O3/c1-10-6-12(18)11(7-15-10)13(19)16-8-14(9-17)4-2-3-5-14/h6-7,17H,2-5,8-9H2,1H3,(H,15,18)(H,16,19). The highest BCUT2D eigenvalue weighted by atomic mass is 16.3. The van der Waals surface area contributed by atoms with Crippen molar-refractivity contribution in [3.8, 4) is 0 Å². The first-order valence-electron chi connectivity index (χ1n) is 6.65. The van der Waals surface area contributed by atoms with E-state index in [-0.39, 0.29) is 28.9 Å². The van der Waals surface area contributed by atoms with Crippen molar-refractivity contribution in [2.75, 3.05) is 13.2 Å². The van der Waals surface area contributed by atoms with Gasteiger partial charge in [0.05, 0.1) is 6.61 Å². The third kappa shape index (κ3) is 3.04. The number of pyridine rings is 1. The van der Waals surface area contributed by atoms with E-state index in [2.05, 4.69) is 10.3 Å². The molecule has 5 nitrogen and oxygen atoms in total. The Kier molecular flexibility index (Phi) is 4.04. The van der Waals surface area contributed by atoms with Gasteiger partial charge in [-0.15, -0.1) is 0 Å². The number of rotatable bonds is 4. The average molecular weight is 264 g/mol. The maximum atomic E-state index is 12.0. The number of aliphatic hydroxyl groups excluding tert-OH is 1. The number of carbonyl (C=O) groups excluding carboxylic acids is 1. The van der Waals surface area contributed by atoms with Crippen molar-refractivity contribution in [3.63, 3.8) is 0 Å². The highest BCUT2D eigenvalue weighted by Gasteiger charge is 2.33. The lowest BCUT2D eigenvalue weighted by atomic mass is 9.87. The Morgan fingerprint density at radius 3 is 2.74 bits per heavy atom. The highest BCUT2D eigenvalue weighted by Crippen LogP contribution is 2.36. The number of H-pyrrole nitrogens is 1. The lowest BCUT2D eigenvalue weighted by molar-refractivity contribution is 0.0879. The zero-order valence-electron chi connectivity index (χ0n) is 11.2. The summed E-state index contributed by atoms with van der Waals surface area (Å²) in [6.07, 6.45) is 5.46. The van der Waals surface area contributed by atoms with Crippen LogP contribution in [0.5, 0.6) is 0 Å². The van der Waals surface area contributed by atoms with E-state index < -0.39 is 0 Å². The number of aliphatic hydroxyl groups is 1. The van der Waals surface area contributed by atoms with Crippen molar-refractivity contribution < 1.29 is 9.90 Å². The first-order chi connectivity index (χ1) is 9.06. The molecule has 3 N–H and O–H groups in total. The molecular weight excluding hydrogens is 244 g/mol. The molecule has 19 heavy (non-hydrogen) atoms. The molecular formula is C14H20N2O3. The predicted molar refractivity (Wildman–Crippen MR) is 72.1 cm³/mol. The summed E-state index contributed by atoms with van der Waals surface area (Å²) in [4.78, 5) is 26.5. The van der Waals surface area contributed by atoms with Gasteiger partial charge in [0.15, 0.2) is 5.43 Å². The third-order valence-corrected chi connectivity index (χ3v) is 3.93. The molecule has 1 aromatic rings. The molecule has 0 spiro atoms. The first kappa shape index (κ1) is 13.8. The Labute approximate surface area is 112 Å². The average Bonchev–Trinajstić information content (AvgIpc) is 2.85. The van der Waals surface area contributed by atoms with Crippen molar-refractivity contribution >= 4 is 5.91 Å². The molecule has 0 atom stereocenters. The Morgan fingerprint density at radius 2 is 2.16 bits per heavy atom. The minimum absolute atomic E-state index is 0.0809. The number of hydrogen-bond acceptors (Lipinski definition) is 3. The van der Waals surface area contributed by atoms with Gasteiger partial charge in [-0.3, -0.25) is 9.59 Å². The second-order valence-electron chi connectivity index (χ2n) is 5.44. The van der Waals surface area contributed by atoms with Gasteiger partial charge in [0, 0.05) is 29.9 Å². The molecule has 0 bridgehead atoms. The minimum atomic E-state index is -0.374. The van der Waals surface area contributed by atoms with Crippen LogP contribution in [0.1, 0.15) is 41.7 Å². The van der Waals surface area contributed by atoms with Crippen molar-refractivity contribution in [2.24, 2.45) is 5.41 Å². The van der Waals surface area contributed by atoms with Crippen molar-refractivity contribution in [2.45, 2.75) is 32.6 Å². The molecule has 1 heterocycles. The largest absolute Gasteiger partial charge is 0.396 e. The van der Waals surface area contributed by atoms with Crippen LogP contribution in [0.25, 0.3) is 0 Å². The first-order valence-corrected chi connectivity index (χ1v) is 6.65. The van der Waals surface area contributed by atoms with E-state index in [0.717, 1.165) is 31.4 Å². The van der Waals surface area contributed by atoms with Crippen LogP contribution in [0, 0.1) is 12.3 Å². The molecule has 1 saturated carbocycles. The monoisotopic (exact) mass is 264 g/mol. The highest BCUT2D eigenvalue weighted by molar-refractivity contribution is 5.93. The van der Waals surface area contributed by atoms with Crippen LogP contribution < -0.4 is 10.7 Å². The SMILES string of the molecule is Cc1cc(=O)c(C(=O)NCC2(CO)CCCC2)c[nH]1. The maximum absolute atomic E-state index is 12.0. The normalized spacial score (nSPS) is 17.4. The molecule has 1 aromatic heterocycles. The fourth-order valence-corrected chi connectivity index (χ4v) is 2.63. The topological polar surface area (TPSA) is 82.2 Å². The number of carbonyl (C=O) groups is 1. The molecule has 1 aliphatic carbocycles. The van der Waals surface area contributed by atoms with Crippen molar-refractivity contribution in [3.05, 3.63) is 33.7 Å². The molecule has 0 aliphatic heterocycles. The lowest BCUT2D eigenvalue weighted by Gasteiger charge is -2.26. The zero-order chi connectivity index (χ0) is 13.9. The molecule has 0 unspecified atom stereocenters. The van der Waals surface area contributed by atoms with Gasteiger partial charge in [-0.1, -0.05) is 12.8 Å². The quantitative estimate of drug-likeness (QED) is 0.757. The van der Waals surface area contributed by atoms with Crippen LogP contribution in [0.15, 0.2) is 17.1 Å². The third-order valence-electron chi connectivity index (χ3n) is 3.93. The molecule has 1 aliphatic rings. The van der Waals surface area contributed by atoms with Crippen LogP contribution in [0.4, 0.5) is 0 Å². The lowest BCUT2D eigenvalue weighted by Crippen LogP contribution is -2.39. The van der Waals surface area contributed by atoms with E-state index in [1.165, 1.54) is 12.3 Å². The maximum Gasteiger partial charge on any atom is 0.256 e. The summed E-state index contributed by atoms with van der Waals surface area (Å²) in [5, 5.41) is 12.2. The van der Waals surface area contributed by atoms with Crippen LogP contribution >= 0.6 is 0 Å². The number of amides is 1. The van der Waals surface area contributed by atoms with E-state index in [1.807, 2.05) is 0 Å². The number of aryl methyl sites for hydroxylation is 1. The predicted octanol–water partition coefficient (Wildman–Crippen LogP) is 0.966. The van der Waals surface area contributed by atoms with E-state index in [0.29, 0.717) is 6.54 Å². The van der Waals surface area contributed by atoms with Crippen molar-refractivity contribution in [1.82, 2.24) is 10.3 Å². The summed E-state index contributed by atoms with van der Waals surface area (Å²) < 4.78 is 0. The molecule has 0 radical (unpaired) electrons. The Hall–Kier alpha value is -1.62. The van der Waals surface area contributed by atoms with Crippen LogP contribution in [-0.4, -0.2) is 29.1 Å². The second-order valence-corrected chi connectivity index (χ2v) is 5.44. The van der Waals surface area contributed by atoms with Gasteiger partial charge in [0.2, 0.25) is 0 Å². The summed E-state index contributed by atoms with van der Waals surface area (Å²) >= 11 is 0. The van der Waals surface area contributed by atoms with E-state index in [4.69, 9.17) is 0 Å². The van der Waals surface area contributed by atoms with E-state index >= 15 is 0 Å². The number of hydrogen-bond donors (Lipinski definition) is 3. The Balaban J connectivity index is 2.03. The number of aromatic nitrogens is 1. The summed E-state index contributed by atoms with van der Waals surface area (Å²) in [5.41, 5.74) is 0.367. The van der Waals surface area contributed by atoms with E-state index in [1.54, 1.807) is 6.92 Å². The summed E-state index contributed by atoms with van der Waals surface area (Å²) in [6, 6.07) is 1.41. The van der Waals surface area contributed by atoms with Gasteiger partial charge >= 0.3 is 0 Å². The molecule has 104 valence electrons. The smallest absolute Gasteiger partial charge is 0.256 e. The van der Waals surface area contributed by atoms with Gasteiger partial charge in [0.25, 0.3) is 5.91 Å². The van der Waals surface area contributed by atoms with Gasteiger partial charge < -0.3 is 15.4 Å². The summed E-state index contributed by atoms with van der Waals surface area (Å²) in [7, 11) is 0. The van der Waals surface area contributed by atoms with Crippen LogP contribution in [0.3, 0.4) is 0 Å². The van der Waals surface area contributed by atoms with Crippen LogP contribution in [0.2, 0.25) is 0 Å². The molecule has 2 rings (SSSR count). The van der Waals surface area contributed by atoms with Gasteiger partial charge in [-0.2, -0.15) is 0 Å². The van der Waals surface area contributed by atoms with E-state index in [9.17, 15) is 14.7 Å². The summed E-state index contributed by atoms with van der Waals surface area (Å²) in [5.74, 6) is -0.374. The number of nitrogens with one attached hydrogen (secondary N) is 2. The minimum Gasteiger partial charge on any atom is -0.396 e. The molecule has 0 aromatic carbocycles. The molecule has 1 fully saturated rings. The Morgan fingerprint density at radius 1 is 1.47 bits per heavy atom. The Bertz CT molecular complexity index is 516. The van der Waals surface area contributed by atoms with Gasteiger partial charge in [-0.05, 0) is 19.8 Å². The van der Waals surface area contributed by atoms with Gasteiger partial charge in [-0.25, -0.2) is 0 Å². The van der Waals surface area contributed by atoms with Crippen molar-refractivity contribution in [1.29, 1.82) is 0 Å². The fourth-order valence-electron chi connectivity index (χ4n) is 2.63. The van der Waals surface area contributed by atoms with Gasteiger partial charge in [0.1, 0.15) is 5.56 Å². The van der Waals surface area contributed by atoms with Crippen LogP contribution in [-0.2, 0) is 0 Å². The molecule has 5 heteroatoms.